The van der Waals surface area contributed by atoms with E-state index in [2.05, 4.69) is 4.74 Å². The Kier molecular flexibility index (Phi) is 6.51. The second-order valence-electron chi connectivity index (χ2n) is 3.17. The molecule has 0 unspecified atom stereocenters. The predicted octanol–water partition coefficient (Wildman–Crippen LogP) is 0.611. The molecule has 0 aromatic carbocycles. The van der Waals surface area contributed by atoms with Crippen LogP contribution in [0.2, 0.25) is 0 Å². The van der Waals surface area contributed by atoms with Crippen molar-refractivity contribution in [3.8, 4) is 0 Å². The van der Waals surface area contributed by atoms with Gasteiger partial charge in [-0.2, -0.15) is 4.31 Å². The molecule has 0 aromatic rings. The maximum absolute atomic E-state index is 11.7. The number of carbonyl (C=O) groups is 1. The van der Waals surface area contributed by atoms with E-state index in [1.54, 1.807) is 6.92 Å². The molecule has 0 aliphatic carbocycles. The van der Waals surface area contributed by atoms with Gasteiger partial charge in [0.1, 0.15) is 6.54 Å². The van der Waals surface area contributed by atoms with Crippen molar-refractivity contribution < 1.29 is 17.9 Å². The lowest BCUT2D eigenvalue weighted by molar-refractivity contribution is -0.140. The van der Waals surface area contributed by atoms with Gasteiger partial charge in [0.15, 0.2) is 0 Å². The molecule has 0 aromatic heterocycles. The standard InChI is InChI=1S/C9H19NO4S/c1-4-6-7-15(12,13)10(5-2)8-9(11)14-3/h4-8H2,1-3H3. The molecule has 90 valence electrons. The highest BCUT2D eigenvalue weighted by molar-refractivity contribution is 7.89. The first-order valence-corrected chi connectivity index (χ1v) is 6.63. The normalized spacial score (nSPS) is 11.7. The minimum atomic E-state index is -3.31. The molecule has 0 heterocycles. The molecule has 0 N–H and O–H groups in total. The van der Waals surface area contributed by atoms with Gasteiger partial charge < -0.3 is 4.74 Å². The van der Waals surface area contributed by atoms with Crippen molar-refractivity contribution in [2.24, 2.45) is 0 Å². The predicted molar refractivity (Wildman–Crippen MR) is 58.0 cm³/mol. The largest absolute Gasteiger partial charge is 0.468 e. The molecule has 0 saturated carbocycles. The third-order valence-electron chi connectivity index (χ3n) is 2.04. The summed E-state index contributed by atoms with van der Waals surface area (Å²) in [6.07, 6.45) is 1.43. The molecule has 5 nitrogen and oxygen atoms in total. The van der Waals surface area contributed by atoms with Gasteiger partial charge in [0.05, 0.1) is 12.9 Å². The highest BCUT2D eigenvalue weighted by atomic mass is 32.2. The Hall–Kier alpha value is -0.620. The molecule has 0 atom stereocenters. The van der Waals surface area contributed by atoms with E-state index in [0.717, 1.165) is 10.7 Å². The minimum absolute atomic E-state index is 0.0916. The van der Waals surface area contributed by atoms with Crippen LogP contribution in [0.3, 0.4) is 0 Å². The van der Waals surface area contributed by atoms with Gasteiger partial charge in [0.2, 0.25) is 10.0 Å². The first-order valence-electron chi connectivity index (χ1n) is 5.02. The molecule has 0 aliphatic heterocycles. The van der Waals surface area contributed by atoms with Crippen LogP contribution in [-0.2, 0) is 19.6 Å². The zero-order chi connectivity index (χ0) is 11.9. The van der Waals surface area contributed by atoms with Crippen LogP contribution < -0.4 is 0 Å². The van der Waals surface area contributed by atoms with Gasteiger partial charge in [-0.25, -0.2) is 8.42 Å². The van der Waals surface area contributed by atoms with Crippen molar-refractivity contribution in [2.45, 2.75) is 26.7 Å². The van der Waals surface area contributed by atoms with Gasteiger partial charge in [0, 0.05) is 6.54 Å². The van der Waals surface area contributed by atoms with E-state index in [1.807, 2.05) is 6.92 Å². The molecule has 0 fully saturated rings. The highest BCUT2D eigenvalue weighted by Crippen LogP contribution is 2.04. The van der Waals surface area contributed by atoms with Crippen molar-refractivity contribution in [1.29, 1.82) is 0 Å². The lowest BCUT2D eigenvalue weighted by Crippen LogP contribution is -2.37. The van der Waals surface area contributed by atoms with Gasteiger partial charge in [-0.3, -0.25) is 4.79 Å². The maximum Gasteiger partial charge on any atom is 0.321 e. The van der Waals surface area contributed by atoms with Crippen LogP contribution in [0, 0.1) is 0 Å². The quantitative estimate of drug-likeness (QED) is 0.609. The number of hydrogen-bond acceptors (Lipinski definition) is 4. The number of likely N-dealkylation sites (N-methyl/N-ethyl adjacent to an activating group) is 1. The number of unbranched alkanes of at least 4 members (excludes halogenated alkanes) is 1. The maximum atomic E-state index is 11.7. The summed E-state index contributed by atoms with van der Waals surface area (Å²) in [6.45, 7) is 3.72. The molecule has 0 saturated heterocycles. The topological polar surface area (TPSA) is 63.7 Å². The number of sulfonamides is 1. The van der Waals surface area contributed by atoms with Crippen LogP contribution in [0.25, 0.3) is 0 Å². The van der Waals surface area contributed by atoms with Crippen LogP contribution >= 0.6 is 0 Å². The Balaban J connectivity index is 4.44. The van der Waals surface area contributed by atoms with E-state index >= 15 is 0 Å². The van der Waals surface area contributed by atoms with E-state index < -0.39 is 16.0 Å². The molecule has 0 bridgehead atoms. The summed E-state index contributed by atoms with van der Waals surface area (Å²) < 4.78 is 29.0. The fraction of sp³-hybridized carbons (Fsp3) is 0.889. The molecule has 6 heteroatoms. The minimum Gasteiger partial charge on any atom is -0.468 e. The monoisotopic (exact) mass is 237 g/mol. The van der Waals surface area contributed by atoms with Crippen LogP contribution in [0.5, 0.6) is 0 Å². The second-order valence-corrected chi connectivity index (χ2v) is 5.26. The smallest absolute Gasteiger partial charge is 0.321 e. The number of esters is 1. The number of ether oxygens (including phenoxy) is 1. The van der Waals surface area contributed by atoms with E-state index in [0.29, 0.717) is 13.0 Å². The van der Waals surface area contributed by atoms with Crippen LogP contribution in [0.15, 0.2) is 0 Å². The number of rotatable bonds is 7. The average Bonchev–Trinajstić information content (AvgIpc) is 2.22. The SMILES string of the molecule is CCCCS(=O)(=O)N(CC)CC(=O)OC. The Morgan fingerprint density at radius 3 is 2.33 bits per heavy atom. The summed E-state index contributed by atoms with van der Waals surface area (Å²) in [5, 5.41) is 0. The van der Waals surface area contributed by atoms with E-state index in [9.17, 15) is 13.2 Å². The number of nitrogens with zero attached hydrogens (tertiary/aromatic N) is 1. The lowest BCUT2D eigenvalue weighted by atomic mass is 10.4. The molecular formula is C9H19NO4S. The second kappa shape index (κ2) is 6.79. The Morgan fingerprint density at radius 1 is 1.33 bits per heavy atom. The van der Waals surface area contributed by atoms with Crippen LogP contribution in [0.4, 0.5) is 0 Å². The van der Waals surface area contributed by atoms with E-state index in [-0.39, 0.29) is 12.3 Å². The molecule has 0 amide bonds. The van der Waals surface area contributed by atoms with Crippen molar-refractivity contribution >= 4 is 16.0 Å². The number of methoxy groups -OCH3 is 1. The number of hydrogen-bond donors (Lipinski definition) is 0. The van der Waals surface area contributed by atoms with Crippen molar-refractivity contribution in [2.75, 3.05) is 26.0 Å². The molecule has 0 aliphatic rings. The fourth-order valence-corrected chi connectivity index (χ4v) is 2.68. The van der Waals surface area contributed by atoms with Gasteiger partial charge in [-0.15, -0.1) is 0 Å². The van der Waals surface area contributed by atoms with Crippen molar-refractivity contribution in [1.82, 2.24) is 4.31 Å². The Morgan fingerprint density at radius 2 is 1.93 bits per heavy atom. The Bertz CT molecular complexity index is 286. The summed E-state index contributed by atoms with van der Waals surface area (Å²) in [6, 6.07) is 0. The molecular weight excluding hydrogens is 218 g/mol. The van der Waals surface area contributed by atoms with Crippen molar-refractivity contribution in [3.05, 3.63) is 0 Å². The average molecular weight is 237 g/mol. The zero-order valence-corrected chi connectivity index (χ0v) is 10.3. The summed E-state index contributed by atoms with van der Waals surface area (Å²) in [7, 11) is -2.06. The molecule has 0 radical (unpaired) electrons. The van der Waals surface area contributed by atoms with Gasteiger partial charge in [-0.1, -0.05) is 20.3 Å². The first-order chi connectivity index (χ1) is 6.97. The summed E-state index contributed by atoms with van der Waals surface area (Å²) in [5.74, 6) is -0.439. The van der Waals surface area contributed by atoms with Crippen LogP contribution in [-0.4, -0.2) is 44.6 Å². The van der Waals surface area contributed by atoms with E-state index in [4.69, 9.17) is 0 Å². The molecule has 0 rings (SSSR count). The Labute approximate surface area is 91.5 Å². The number of carbonyl (C=O) groups excluding carboxylic acids is 1. The highest BCUT2D eigenvalue weighted by Gasteiger charge is 2.22. The van der Waals surface area contributed by atoms with Gasteiger partial charge in [0.25, 0.3) is 0 Å². The van der Waals surface area contributed by atoms with Gasteiger partial charge in [-0.05, 0) is 6.42 Å². The lowest BCUT2D eigenvalue weighted by Gasteiger charge is -2.18. The van der Waals surface area contributed by atoms with E-state index in [1.165, 1.54) is 7.11 Å². The van der Waals surface area contributed by atoms with Crippen molar-refractivity contribution in [3.63, 3.8) is 0 Å². The molecule has 0 spiro atoms. The third-order valence-corrected chi connectivity index (χ3v) is 4.01. The van der Waals surface area contributed by atoms with Gasteiger partial charge >= 0.3 is 5.97 Å². The van der Waals surface area contributed by atoms with Crippen LogP contribution in [0.1, 0.15) is 26.7 Å². The summed E-state index contributed by atoms with van der Waals surface area (Å²) >= 11 is 0. The summed E-state index contributed by atoms with van der Waals surface area (Å²) in [5.41, 5.74) is 0. The zero-order valence-electron chi connectivity index (χ0n) is 9.52. The summed E-state index contributed by atoms with van der Waals surface area (Å²) in [4.78, 5) is 11.0. The fourth-order valence-electron chi connectivity index (χ4n) is 1.07. The third kappa shape index (κ3) is 5.13. The first kappa shape index (κ1) is 14.4. The molecule has 15 heavy (non-hydrogen) atoms.